The van der Waals surface area contributed by atoms with Crippen LogP contribution in [0.1, 0.15) is 73.1 Å². The average Bonchev–Trinajstić information content (AvgIpc) is 3.80. The van der Waals surface area contributed by atoms with E-state index in [1.165, 1.54) is 4.90 Å². The summed E-state index contributed by atoms with van der Waals surface area (Å²) in [6.45, 7) is 10.5. The minimum atomic E-state index is -1.05. The van der Waals surface area contributed by atoms with Crippen LogP contribution in [0.4, 0.5) is 9.18 Å². The van der Waals surface area contributed by atoms with E-state index in [2.05, 4.69) is 35.9 Å². The minimum absolute atomic E-state index is 0.0274. The molecular formula is C30H43FN6O4. The second-order valence-electron chi connectivity index (χ2n) is 15.4. The van der Waals surface area contributed by atoms with E-state index >= 15 is 0 Å². The van der Waals surface area contributed by atoms with Crippen molar-refractivity contribution >= 4 is 23.8 Å². The predicted molar refractivity (Wildman–Crippen MR) is 147 cm³/mol. The smallest absolute Gasteiger partial charge is 0.318 e. The zero-order valence-electron chi connectivity index (χ0n) is 24.8. The fraction of sp³-hybridized carbons (Fsp3) is 0.833. The largest absolute Gasteiger partial charge is 0.350 e. The summed E-state index contributed by atoms with van der Waals surface area (Å²) in [6, 6.07) is -0.833. The van der Waals surface area contributed by atoms with E-state index in [1.54, 1.807) is 4.90 Å². The summed E-state index contributed by atoms with van der Waals surface area (Å²) >= 11 is 0. The van der Waals surface area contributed by atoms with Gasteiger partial charge in [-0.25, -0.2) is 9.18 Å². The van der Waals surface area contributed by atoms with Crippen molar-refractivity contribution in [3.63, 3.8) is 0 Å². The lowest BCUT2D eigenvalue weighted by atomic mass is 9.85. The number of piperidine rings is 1. The number of hydrogen-bond acceptors (Lipinski definition) is 5. The number of hydrogen-bond donors (Lipinski definition) is 3. The van der Waals surface area contributed by atoms with Gasteiger partial charge in [0.05, 0.1) is 12.6 Å². The number of rotatable bonds is 6. The predicted octanol–water partition coefficient (Wildman–Crippen LogP) is 2.09. The van der Waals surface area contributed by atoms with E-state index in [1.807, 2.05) is 20.8 Å². The maximum Gasteiger partial charge on any atom is 0.318 e. The number of urea groups is 1. The summed E-state index contributed by atoms with van der Waals surface area (Å²) in [5, 5.41) is 18.7. The van der Waals surface area contributed by atoms with Crippen LogP contribution in [0.25, 0.3) is 0 Å². The molecular weight excluding hydrogens is 527 g/mol. The SMILES string of the molecule is CC(C)(C)[C@H](NC(=O)N1C[C@H](F)C2(CC2)C1)C(=O)N1C[C@H]2[C@@H]([C@H]1C(=O)N[C@H](C#N)C[C@@H]1CC3(CC3)NC1=O)C2(C)C. The van der Waals surface area contributed by atoms with Crippen LogP contribution >= 0.6 is 0 Å². The molecule has 7 atom stereocenters. The van der Waals surface area contributed by atoms with Gasteiger partial charge in [-0.2, -0.15) is 5.26 Å². The van der Waals surface area contributed by atoms with Crippen molar-refractivity contribution in [1.29, 1.82) is 5.26 Å². The van der Waals surface area contributed by atoms with Crippen molar-refractivity contribution < 1.29 is 23.6 Å². The highest BCUT2D eigenvalue weighted by Crippen LogP contribution is 2.65. The lowest BCUT2D eigenvalue weighted by Crippen LogP contribution is -2.61. The second kappa shape index (κ2) is 9.05. The Morgan fingerprint density at radius 3 is 2.37 bits per heavy atom. The first-order valence-corrected chi connectivity index (χ1v) is 15.1. The first-order chi connectivity index (χ1) is 19.1. The van der Waals surface area contributed by atoms with Crippen LogP contribution in [0.2, 0.25) is 0 Å². The molecule has 3 aliphatic carbocycles. The maximum atomic E-state index is 14.5. The zero-order chi connectivity index (χ0) is 29.7. The highest BCUT2D eigenvalue weighted by molar-refractivity contribution is 5.94. The summed E-state index contributed by atoms with van der Waals surface area (Å²) in [7, 11) is 0. The van der Waals surface area contributed by atoms with Crippen LogP contribution in [0, 0.1) is 45.3 Å². The third-order valence-corrected chi connectivity index (χ3v) is 11.1. The van der Waals surface area contributed by atoms with Crippen LogP contribution in [-0.2, 0) is 14.4 Å². The van der Waals surface area contributed by atoms with Crippen molar-refractivity contribution in [3.05, 3.63) is 0 Å². The molecule has 3 aliphatic heterocycles. The quantitative estimate of drug-likeness (QED) is 0.450. The molecule has 0 aromatic rings. The standard InChI is InChI=1S/C30H43FN6O4/c1-27(2,3)22(34-26(41)36-14-19(31)29(15-36)6-7-29)25(40)37-13-18-20(28(18,4)5)21(37)24(39)33-17(12-32)10-16-11-30(8-9-30)35-23(16)38/h16-22H,6-11,13-15H2,1-5H3,(H,33,39)(H,34,41)(H,35,38)/t16-,17+,18+,19+,20+,21+,22-/m1/s1. The molecule has 6 aliphatic rings. The Morgan fingerprint density at radius 2 is 1.83 bits per heavy atom. The molecule has 0 radical (unpaired) electrons. The molecule has 3 saturated carbocycles. The van der Waals surface area contributed by atoms with Crippen molar-refractivity contribution in [1.82, 2.24) is 25.8 Å². The van der Waals surface area contributed by atoms with Gasteiger partial charge in [0.1, 0.15) is 24.3 Å². The Labute approximate surface area is 241 Å². The number of carbonyl (C=O) groups excluding carboxylic acids is 4. The molecule has 3 heterocycles. The maximum absolute atomic E-state index is 14.5. The van der Waals surface area contributed by atoms with E-state index in [0.717, 1.165) is 25.7 Å². The van der Waals surface area contributed by atoms with E-state index in [9.17, 15) is 28.8 Å². The third-order valence-electron chi connectivity index (χ3n) is 11.1. The molecule has 224 valence electrons. The molecule has 0 unspecified atom stereocenters. The highest BCUT2D eigenvalue weighted by Gasteiger charge is 2.70. The van der Waals surface area contributed by atoms with Gasteiger partial charge < -0.3 is 25.8 Å². The number of likely N-dealkylation sites (tertiary alicyclic amines) is 2. The van der Waals surface area contributed by atoms with Crippen LogP contribution in [0.15, 0.2) is 0 Å². The van der Waals surface area contributed by atoms with Gasteiger partial charge >= 0.3 is 6.03 Å². The van der Waals surface area contributed by atoms with Crippen LogP contribution in [-0.4, -0.2) is 83.0 Å². The molecule has 2 spiro atoms. The number of halogens is 1. The fourth-order valence-corrected chi connectivity index (χ4v) is 7.89. The number of nitrogens with zero attached hydrogens (tertiary/aromatic N) is 3. The summed E-state index contributed by atoms with van der Waals surface area (Å²) < 4.78 is 14.5. The van der Waals surface area contributed by atoms with Gasteiger partial charge in [0.25, 0.3) is 0 Å². The van der Waals surface area contributed by atoms with Gasteiger partial charge in [-0.1, -0.05) is 34.6 Å². The van der Waals surface area contributed by atoms with Crippen LogP contribution < -0.4 is 16.0 Å². The molecule has 3 saturated heterocycles. The molecule has 6 rings (SSSR count). The van der Waals surface area contributed by atoms with E-state index in [-0.39, 0.29) is 53.5 Å². The molecule has 0 bridgehead atoms. The number of fused-ring (bicyclic) bond motifs is 1. The second-order valence-corrected chi connectivity index (χ2v) is 15.4. The summed E-state index contributed by atoms with van der Waals surface area (Å²) in [5.74, 6) is -1.05. The summed E-state index contributed by atoms with van der Waals surface area (Å²) in [4.78, 5) is 56.6. The van der Waals surface area contributed by atoms with Crippen molar-refractivity contribution in [2.45, 2.75) is 103 Å². The number of carbonyl (C=O) groups is 4. The van der Waals surface area contributed by atoms with Crippen molar-refractivity contribution in [3.8, 4) is 6.07 Å². The third kappa shape index (κ3) is 4.75. The molecule has 41 heavy (non-hydrogen) atoms. The topological polar surface area (TPSA) is 135 Å². The monoisotopic (exact) mass is 570 g/mol. The van der Waals surface area contributed by atoms with Crippen LogP contribution in [0.5, 0.6) is 0 Å². The summed E-state index contributed by atoms with van der Waals surface area (Å²) in [6.07, 6.45) is 3.33. The molecule has 11 heteroatoms. The van der Waals surface area contributed by atoms with E-state index in [4.69, 9.17) is 0 Å². The highest BCUT2D eigenvalue weighted by atomic mass is 19.1. The first-order valence-electron chi connectivity index (χ1n) is 15.1. The van der Waals surface area contributed by atoms with Gasteiger partial charge in [-0.05, 0) is 61.2 Å². The summed E-state index contributed by atoms with van der Waals surface area (Å²) in [5.41, 5.74) is -1.32. The lowest BCUT2D eigenvalue weighted by molar-refractivity contribution is -0.144. The zero-order valence-corrected chi connectivity index (χ0v) is 24.8. The van der Waals surface area contributed by atoms with E-state index in [0.29, 0.717) is 19.5 Å². The van der Waals surface area contributed by atoms with E-state index < -0.39 is 47.1 Å². The van der Waals surface area contributed by atoms with Gasteiger partial charge in [-0.15, -0.1) is 0 Å². The Kier molecular flexibility index (Phi) is 6.23. The molecule has 3 N–H and O–H groups in total. The Morgan fingerprint density at radius 1 is 1.15 bits per heavy atom. The first kappa shape index (κ1) is 28.2. The van der Waals surface area contributed by atoms with Crippen molar-refractivity contribution in [2.75, 3.05) is 19.6 Å². The average molecular weight is 571 g/mol. The molecule has 5 amide bonds. The van der Waals surface area contributed by atoms with Crippen molar-refractivity contribution in [2.24, 2.45) is 34.0 Å². The van der Waals surface area contributed by atoms with Gasteiger partial charge in [-0.3, -0.25) is 14.4 Å². The lowest BCUT2D eigenvalue weighted by Gasteiger charge is -2.38. The number of alkyl halides is 1. The Balaban J connectivity index is 1.16. The number of nitrogens with one attached hydrogen (secondary N) is 3. The van der Waals surface area contributed by atoms with Crippen LogP contribution in [0.3, 0.4) is 0 Å². The molecule has 0 aromatic carbocycles. The minimum Gasteiger partial charge on any atom is -0.350 e. The fourth-order valence-electron chi connectivity index (χ4n) is 7.89. The van der Waals surface area contributed by atoms with Gasteiger partial charge in [0.2, 0.25) is 17.7 Å². The normalized spacial score (nSPS) is 34.5. The van der Waals surface area contributed by atoms with Gasteiger partial charge in [0.15, 0.2) is 0 Å². The molecule has 0 aromatic heterocycles. The Hall–Kier alpha value is -2.90. The molecule has 10 nitrogen and oxygen atoms in total. The van der Waals surface area contributed by atoms with Gasteiger partial charge in [0, 0.05) is 30.0 Å². The Bertz CT molecular complexity index is 1210. The molecule has 6 fully saturated rings. The number of nitriles is 1. The number of amides is 5.